The third-order valence-electron chi connectivity index (χ3n) is 3.41. The van der Waals surface area contributed by atoms with Gasteiger partial charge in [-0.3, -0.25) is 0 Å². The maximum absolute atomic E-state index is 12.5. The normalized spacial score (nSPS) is 14.9. The number of carbonyl (C=O) groups is 2. The molecule has 0 N–H and O–H groups in total. The summed E-state index contributed by atoms with van der Waals surface area (Å²) in [6.45, 7) is 1.17. The first-order valence-corrected chi connectivity index (χ1v) is 7.28. The maximum atomic E-state index is 12.5. The van der Waals surface area contributed by atoms with Gasteiger partial charge in [0.25, 0.3) is 0 Å². The second kappa shape index (κ2) is 7.65. The van der Waals surface area contributed by atoms with E-state index in [1.54, 1.807) is 6.92 Å². The van der Waals surface area contributed by atoms with E-state index in [1.165, 1.54) is 17.0 Å². The van der Waals surface area contributed by atoms with Gasteiger partial charge in [0.05, 0.1) is 26.4 Å². The lowest BCUT2D eigenvalue weighted by atomic mass is 10.1. The molecule has 0 fully saturated rings. The highest BCUT2D eigenvalue weighted by atomic mass is 19.4. The number of aryl methyl sites for hydroxylation is 1. The van der Waals surface area contributed by atoms with Gasteiger partial charge in [-0.25, -0.2) is 9.59 Å². The van der Waals surface area contributed by atoms with Gasteiger partial charge in [-0.1, -0.05) is 0 Å². The zero-order valence-electron chi connectivity index (χ0n) is 14.2. The summed E-state index contributed by atoms with van der Waals surface area (Å²) in [6.07, 6.45) is -4.87. The first-order valence-electron chi connectivity index (χ1n) is 7.28. The van der Waals surface area contributed by atoms with Gasteiger partial charge in [0.1, 0.15) is 18.2 Å². The second-order valence-electron chi connectivity index (χ2n) is 5.27. The summed E-state index contributed by atoms with van der Waals surface area (Å²) in [4.78, 5) is 25.3. The van der Waals surface area contributed by atoms with Crippen LogP contribution in [0, 0.1) is 6.92 Å². The van der Waals surface area contributed by atoms with Crippen molar-refractivity contribution in [2.24, 2.45) is 0 Å². The smallest absolute Gasteiger partial charge is 0.466 e. The van der Waals surface area contributed by atoms with Crippen molar-refractivity contribution in [3.05, 3.63) is 35.0 Å². The predicted octanol–water partition coefficient (Wildman–Crippen LogP) is 2.29. The molecule has 0 aromatic heterocycles. The first-order chi connectivity index (χ1) is 12.2. The lowest BCUT2D eigenvalue weighted by Crippen LogP contribution is -2.38. The summed E-state index contributed by atoms with van der Waals surface area (Å²) in [7, 11) is 2.25. The van der Waals surface area contributed by atoms with Crippen molar-refractivity contribution in [3.63, 3.8) is 0 Å². The molecule has 2 rings (SSSR count). The molecule has 142 valence electrons. The standard InChI is InChI=1S/C16H16F3NO6/c1-9-4-10(6-11(5-9)26-16(17,18)19)20-8-25-7-12(14(21)23-2)13(20)15(22)24-3/h4-6H,7-8H2,1-3H3. The molecule has 0 saturated carbocycles. The van der Waals surface area contributed by atoms with E-state index in [4.69, 9.17) is 9.47 Å². The quantitative estimate of drug-likeness (QED) is 0.748. The van der Waals surface area contributed by atoms with Crippen LogP contribution in [0.1, 0.15) is 5.56 Å². The fraction of sp³-hybridized carbons (Fsp3) is 0.375. The van der Waals surface area contributed by atoms with E-state index in [9.17, 15) is 22.8 Å². The zero-order valence-corrected chi connectivity index (χ0v) is 14.2. The number of alkyl halides is 3. The summed E-state index contributed by atoms with van der Waals surface area (Å²) in [6, 6.07) is 3.77. The number of hydrogen-bond acceptors (Lipinski definition) is 7. The van der Waals surface area contributed by atoms with Gasteiger partial charge in [-0.2, -0.15) is 0 Å². The molecule has 1 aliphatic heterocycles. The lowest BCUT2D eigenvalue weighted by molar-refractivity contribution is -0.274. The molecule has 0 spiro atoms. The minimum Gasteiger partial charge on any atom is -0.466 e. The van der Waals surface area contributed by atoms with Gasteiger partial charge in [0.2, 0.25) is 0 Å². The number of halogens is 3. The van der Waals surface area contributed by atoms with Crippen molar-refractivity contribution in [1.82, 2.24) is 0 Å². The highest BCUT2D eigenvalue weighted by molar-refractivity contribution is 6.03. The van der Waals surface area contributed by atoms with Crippen molar-refractivity contribution >= 4 is 17.6 Å². The van der Waals surface area contributed by atoms with Gasteiger partial charge < -0.3 is 23.8 Å². The molecule has 0 radical (unpaired) electrons. The van der Waals surface area contributed by atoms with E-state index in [1.807, 2.05) is 0 Å². The Balaban J connectivity index is 2.54. The Bertz CT molecular complexity index is 744. The number of ether oxygens (including phenoxy) is 4. The molecule has 0 saturated heterocycles. The SMILES string of the molecule is COC(=O)C1=C(C(=O)OC)N(c2cc(C)cc(OC(F)(F)F)c2)COC1. The Hall–Kier alpha value is -2.75. The number of benzene rings is 1. The largest absolute Gasteiger partial charge is 0.573 e. The van der Waals surface area contributed by atoms with Gasteiger partial charge >= 0.3 is 18.3 Å². The monoisotopic (exact) mass is 375 g/mol. The topological polar surface area (TPSA) is 74.3 Å². The van der Waals surface area contributed by atoms with Crippen molar-refractivity contribution in [2.75, 3.05) is 32.5 Å². The Morgan fingerprint density at radius 2 is 1.77 bits per heavy atom. The molecule has 10 heteroatoms. The van der Waals surface area contributed by atoms with Crippen molar-refractivity contribution < 1.29 is 41.7 Å². The molecule has 0 unspecified atom stereocenters. The van der Waals surface area contributed by atoms with Crippen LogP contribution in [0.5, 0.6) is 5.75 Å². The highest BCUT2D eigenvalue weighted by Gasteiger charge is 2.34. The molecule has 26 heavy (non-hydrogen) atoms. The molecule has 0 aliphatic carbocycles. The summed E-state index contributed by atoms with van der Waals surface area (Å²) >= 11 is 0. The summed E-state index contributed by atoms with van der Waals surface area (Å²) < 4.78 is 56.1. The molecule has 7 nitrogen and oxygen atoms in total. The van der Waals surface area contributed by atoms with Gasteiger partial charge in [-0.15, -0.1) is 13.2 Å². The summed E-state index contributed by atoms with van der Waals surface area (Å²) in [5.74, 6) is -2.13. The van der Waals surface area contributed by atoms with Gasteiger partial charge in [0, 0.05) is 11.8 Å². The Labute approximate surface area is 146 Å². The first kappa shape index (κ1) is 19.6. The van der Waals surface area contributed by atoms with E-state index in [-0.39, 0.29) is 30.3 Å². The molecule has 1 aromatic rings. The van der Waals surface area contributed by atoms with E-state index >= 15 is 0 Å². The average molecular weight is 375 g/mol. The Kier molecular flexibility index (Phi) is 5.76. The molecule has 0 bridgehead atoms. The van der Waals surface area contributed by atoms with Gasteiger partial charge in [0.15, 0.2) is 0 Å². The number of carbonyl (C=O) groups excluding carboxylic acids is 2. The molecule has 1 aliphatic rings. The van der Waals surface area contributed by atoms with Crippen molar-refractivity contribution in [3.8, 4) is 5.75 Å². The van der Waals surface area contributed by atoms with Crippen LogP contribution >= 0.6 is 0 Å². The summed E-state index contributed by atoms with van der Waals surface area (Å²) in [5.41, 5.74) is 0.321. The van der Waals surface area contributed by atoms with E-state index in [0.717, 1.165) is 20.3 Å². The number of methoxy groups -OCH3 is 2. The van der Waals surface area contributed by atoms with Crippen molar-refractivity contribution in [1.29, 1.82) is 0 Å². The van der Waals surface area contributed by atoms with Crippen LogP contribution in [0.15, 0.2) is 29.5 Å². The predicted molar refractivity (Wildman–Crippen MR) is 82.2 cm³/mol. The van der Waals surface area contributed by atoms with E-state index in [2.05, 4.69) is 9.47 Å². The number of anilines is 1. The van der Waals surface area contributed by atoms with Crippen LogP contribution in [0.4, 0.5) is 18.9 Å². The molecule has 0 atom stereocenters. The van der Waals surface area contributed by atoms with E-state index < -0.39 is 24.1 Å². The number of nitrogens with zero attached hydrogens (tertiary/aromatic N) is 1. The van der Waals surface area contributed by atoms with Gasteiger partial charge in [-0.05, 0) is 24.6 Å². The van der Waals surface area contributed by atoms with Crippen LogP contribution in [0.2, 0.25) is 0 Å². The Morgan fingerprint density at radius 3 is 2.35 bits per heavy atom. The fourth-order valence-corrected chi connectivity index (χ4v) is 2.42. The van der Waals surface area contributed by atoms with Crippen LogP contribution in [-0.4, -0.2) is 45.9 Å². The number of esters is 2. The number of rotatable bonds is 4. The second-order valence-corrected chi connectivity index (χ2v) is 5.27. The highest BCUT2D eigenvalue weighted by Crippen LogP contribution is 2.32. The van der Waals surface area contributed by atoms with Crippen LogP contribution in [0.3, 0.4) is 0 Å². The van der Waals surface area contributed by atoms with Crippen molar-refractivity contribution in [2.45, 2.75) is 13.3 Å². The summed E-state index contributed by atoms with van der Waals surface area (Å²) in [5, 5.41) is 0. The Morgan fingerprint density at radius 1 is 1.12 bits per heavy atom. The zero-order chi connectivity index (χ0) is 19.5. The third-order valence-corrected chi connectivity index (χ3v) is 3.41. The minimum atomic E-state index is -4.87. The van der Waals surface area contributed by atoms with Crippen LogP contribution < -0.4 is 9.64 Å². The third kappa shape index (κ3) is 4.45. The minimum absolute atomic E-state index is 0.106. The molecular weight excluding hydrogens is 359 g/mol. The maximum Gasteiger partial charge on any atom is 0.573 e. The lowest BCUT2D eigenvalue weighted by Gasteiger charge is -2.31. The van der Waals surface area contributed by atoms with Crippen LogP contribution in [0.25, 0.3) is 0 Å². The molecule has 0 amide bonds. The van der Waals surface area contributed by atoms with Crippen LogP contribution in [-0.2, 0) is 23.8 Å². The molecule has 1 aromatic carbocycles. The average Bonchev–Trinajstić information content (AvgIpc) is 2.57. The molecular formula is C16H16F3NO6. The molecule has 1 heterocycles. The van der Waals surface area contributed by atoms with E-state index in [0.29, 0.717) is 5.56 Å². The number of hydrogen-bond donors (Lipinski definition) is 0. The fourth-order valence-electron chi connectivity index (χ4n) is 2.42.